The molecule has 4 nitrogen and oxygen atoms in total. The van der Waals surface area contributed by atoms with Gasteiger partial charge in [0.05, 0.1) is 0 Å². The molecule has 2 unspecified atom stereocenters. The van der Waals surface area contributed by atoms with Crippen LogP contribution in [0.25, 0.3) is 0 Å². The Bertz CT molecular complexity index is 352. The summed E-state index contributed by atoms with van der Waals surface area (Å²) in [7, 11) is 0. The maximum absolute atomic E-state index is 11.8. The van der Waals surface area contributed by atoms with Gasteiger partial charge in [-0.25, -0.2) is 4.79 Å². The molecule has 2 aliphatic carbocycles. The van der Waals surface area contributed by atoms with E-state index in [0.29, 0.717) is 12.1 Å². The van der Waals surface area contributed by atoms with Crippen LogP contribution in [0.2, 0.25) is 0 Å². The molecule has 0 aromatic carbocycles. The molecule has 0 heterocycles. The van der Waals surface area contributed by atoms with Crippen LogP contribution in [0.3, 0.4) is 0 Å². The lowest BCUT2D eigenvalue weighted by Crippen LogP contribution is -2.47. The Morgan fingerprint density at radius 2 is 1.75 bits per heavy atom. The molecule has 0 aromatic rings. The molecule has 0 bridgehead atoms. The average molecular weight is 280 g/mol. The van der Waals surface area contributed by atoms with E-state index in [4.69, 9.17) is 4.74 Å². The van der Waals surface area contributed by atoms with E-state index >= 15 is 0 Å². The molecule has 114 valence electrons. The standard InChI is InChI=1S/C16H28N2O2/c1-16(2,3)20-15(19)18-14-10-6-9-13(11-14)17-12-7-4-5-8-12/h4-5,12-14,17H,6-11H2,1-3H3,(H,18,19). The summed E-state index contributed by atoms with van der Waals surface area (Å²) in [6.07, 6.45) is 10.9. The topological polar surface area (TPSA) is 50.4 Å². The normalized spacial score (nSPS) is 27.6. The van der Waals surface area contributed by atoms with E-state index in [1.807, 2.05) is 20.8 Å². The largest absolute Gasteiger partial charge is 0.444 e. The third kappa shape index (κ3) is 5.16. The van der Waals surface area contributed by atoms with Crippen LogP contribution >= 0.6 is 0 Å². The third-order valence-electron chi connectivity index (χ3n) is 3.87. The fourth-order valence-corrected chi connectivity index (χ4v) is 3.03. The molecule has 0 aromatic heterocycles. The minimum Gasteiger partial charge on any atom is -0.444 e. The molecule has 2 aliphatic rings. The maximum atomic E-state index is 11.8. The van der Waals surface area contributed by atoms with Gasteiger partial charge >= 0.3 is 6.09 Å². The van der Waals surface area contributed by atoms with Gasteiger partial charge in [0, 0.05) is 18.1 Å². The molecule has 0 saturated heterocycles. The Morgan fingerprint density at radius 3 is 2.40 bits per heavy atom. The highest BCUT2D eigenvalue weighted by molar-refractivity contribution is 5.68. The van der Waals surface area contributed by atoms with E-state index in [1.54, 1.807) is 0 Å². The first-order valence-electron chi connectivity index (χ1n) is 7.83. The molecule has 1 saturated carbocycles. The van der Waals surface area contributed by atoms with Gasteiger partial charge in [-0.05, 0) is 59.3 Å². The minimum atomic E-state index is -0.425. The van der Waals surface area contributed by atoms with Gasteiger partial charge in [-0.3, -0.25) is 0 Å². The lowest BCUT2D eigenvalue weighted by atomic mass is 9.90. The van der Waals surface area contributed by atoms with Crippen molar-refractivity contribution in [3.63, 3.8) is 0 Å². The Morgan fingerprint density at radius 1 is 1.10 bits per heavy atom. The van der Waals surface area contributed by atoms with Crippen molar-refractivity contribution < 1.29 is 9.53 Å². The smallest absolute Gasteiger partial charge is 0.407 e. The summed E-state index contributed by atoms with van der Waals surface area (Å²) in [6.45, 7) is 5.68. The predicted molar refractivity (Wildman–Crippen MR) is 80.7 cm³/mol. The number of ether oxygens (including phenoxy) is 1. The number of amides is 1. The van der Waals surface area contributed by atoms with Crippen molar-refractivity contribution in [2.24, 2.45) is 0 Å². The maximum Gasteiger partial charge on any atom is 0.407 e. The molecule has 0 aliphatic heterocycles. The molecule has 20 heavy (non-hydrogen) atoms. The zero-order valence-electron chi connectivity index (χ0n) is 12.9. The Balaban J connectivity index is 1.73. The zero-order valence-corrected chi connectivity index (χ0v) is 12.9. The van der Waals surface area contributed by atoms with Crippen molar-refractivity contribution in [2.45, 2.75) is 83.0 Å². The van der Waals surface area contributed by atoms with E-state index in [0.717, 1.165) is 32.1 Å². The van der Waals surface area contributed by atoms with E-state index in [-0.39, 0.29) is 12.1 Å². The predicted octanol–water partition coefficient (Wildman–Crippen LogP) is 3.13. The first kappa shape index (κ1) is 15.4. The quantitative estimate of drug-likeness (QED) is 0.781. The molecular weight excluding hydrogens is 252 g/mol. The van der Waals surface area contributed by atoms with Crippen LogP contribution in [0.15, 0.2) is 12.2 Å². The van der Waals surface area contributed by atoms with Gasteiger partial charge < -0.3 is 15.4 Å². The third-order valence-corrected chi connectivity index (χ3v) is 3.87. The number of hydrogen-bond donors (Lipinski definition) is 2. The van der Waals surface area contributed by atoms with Crippen molar-refractivity contribution in [3.8, 4) is 0 Å². The molecule has 1 fully saturated rings. The van der Waals surface area contributed by atoms with Crippen LogP contribution in [0.5, 0.6) is 0 Å². The summed E-state index contributed by atoms with van der Waals surface area (Å²) < 4.78 is 5.33. The fraction of sp³-hybridized carbons (Fsp3) is 0.812. The van der Waals surface area contributed by atoms with Crippen molar-refractivity contribution >= 4 is 6.09 Å². The Kier molecular flexibility index (Phi) is 5.08. The number of rotatable bonds is 3. The Labute approximate surface area is 122 Å². The zero-order chi connectivity index (χ0) is 14.6. The summed E-state index contributed by atoms with van der Waals surface area (Å²) >= 11 is 0. The second-order valence-corrected chi connectivity index (χ2v) is 7.01. The number of carbonyl (C=O) groups excluding carboxylic acids is 1. The first-order chi connectivity index (χ1) is 9.42. The van der Waals surface area contributed by atoms with E-state index in [9.17, 15) is 4.79 Å². The summed E-state index contributed by atoms with van der Waals surface area (Å²) in [5, 5.41) is 6.73. The average Bonchev–Trinajstić information content (AvgIpc) is 2.79. The molecule has 2 N–H and O–H groups in total. The fourth-order valence-electron chi connectivity index (χ4n) is 3.03. The van der Waals surface area contributed by atoms with Gasteiger partial charge in [0.1, 0.15) is 5.60 Å². The number of carbonyl (C=O) groups is 1. The Hall–Kier alpha value is -1.03. The molecule has 1 amide bonds. The van der Waals surface area contributed by atoms with Crippen molar-refractivity contribution in [3.05, 3.63) is 12.2 Å². The molecule has 0 radical (unpaired) electrons. The highest BCUT2D eigenvalue weighted by atomic mass is 16.6. The number of nitrogens with one attached hydrogen (secondary N) is 2. The van der Waals surface area contributed by atoms with Crippen LogP contribution < -0.4 is 10.6 Å². The van der Waals surface area contributed by atoms with E-state index in [2.05, 4.69) is 22.8 Å². The van der Waals surface area contributed by atoms with Crippen LogP contribution in [-0.2, 0) is 4.74 Å². The lowest BCUT2D eigenvalue weighted by molar-refractivity contribution is 0.0488. The first-order valence-corrected chi connectivity index (χ1v) is 7.83. The van der Waals surface area contributed by atoms with Crippen molar-refractivity contribution in [1.29, 1.82) is 0 Å². The molecule has 0 spiro atoms. The van der Waals surface area contributed by atoms with Gasteiger partial charge in [-0.2, -0.15) is 0 Å². The van der Waals surface area contributed by atoms with Gasteiger partial charge in [0.25, 0.3) is 0 Å². The summed E-state index contributed by atoms with van der Waals surface area (Å²) in [5.41, 5.74) is -0.425. The van der Waals surface area contributed by atoms with Gasteiger partial charge in [0.2, 0.25) is 0 Å². The van der Waals surface area contributed by atoms with Crippen LogP contribution in [-0.4, -0.2) is 29.8 Å². The monoisotopic (exact) mass is 280 g/mol. The van der Waals surface area contributed by atoms with Gasteiger partial charge in [-0.1, -0.05) is 12.2 Å². The lowest BCUT2D eigenvalue weighted by Gasteiger charge is -2.32. The molecule has 4 heteroatoms. The summed E-state index contributed by atoms with van der Waals surface area (Å²) in [5.74, 6) is 0. The van der Waals surface area contributed by atoms with Gasteiger partial charge in [0.15, 0.2) is 0 Å². The second kappa shape index (κ2) is 6.61. The van der Waals surface area contributed by atoms with E-state index in [1.165, 1.54) is 6.42 Å². The van der Waals surface area contributed by atoms with Crippen LogP contribution in [0.1, 0.15) is 59.3 Å². The number of hydrogen-bond acceptors (Lipinski definition) is 3. The van der Waals surface area contributed by atoms with Gasteiger partial charge in [-0.15, -0.1) is 0 Å². The van der Waals surface area contributed by atoms with Crippen LogP contribution in [0.4, 0.5) is 4.79 Å². The minimum absolute atomic E-state index is 0.241. The molecule has 2 rings (SSSR count). The highest BCUT2D eigenvalue weighted by Crippen LogP contribution is 2.21. The second-order valence-electron chi connectivity index (χ2n) is 7.01. The van der Waals surface area contributed by atoms with Crippen molar-refractivity contribution in [2.75, 3.05) is 0 Å². The van der Waals surface area contributed by atoms with E-state index < -0.39 is 5.60 Å². The number of alkyl carbamates (subject to hydrolysis) is 1. The highest BCUT2D eigenvalue weighted by Gasteiger charge is 2.26. The van der Waals surface area contributed by atoms with Crippen LogP contribution in [0, 0.1) is 0 Å². The SMILES string of the molecule is CC(C)(C)OC(=O)NC1CCCC(NC2CC=CC2)C1. The summed E-state index contributed by atoms with van der Waals surface area (Å²) in [6, 6.07) is 1.36. The molecular formula is C16H28N2O2. The summed E-state index contributed by atoms with van der Waals surface area (Å²) in [4.78, 5) is 11.8. The van der Waals surface area contributed by atoms with Crippen molar-refractivity contribution in [1.82, 2.24) is 10.6 Å². The molecule has 2 atom stereocenters.